The molecule has 1 fully saturated rings. The summed E-state index contributed by atoms with van der Waals surface area (Å²) in [7, 11) is 2.13. The van der Waals surface area contributed by atoms with Crippen LogP contribution in [0, 0.1) is 0 Å². The predicted octanol–water partition coefficient (Wildman–Crippen LogP) is 5.44. The van der Waals surface area contributed by atoms with Crippen molar-refractivity contribution in [2.45, 2.75) is 63.8 Å². The SMILES string of the molecule is CN(C)C(=O)c1cccc(-c2cccc(-c3nc(C(=O)N4CCCCC4)cc4c3[C@@H](CCO)N([S@](=O)C(C)(C)C)C4)c2)c1. The molecule has 2 aliphatic heterocycles. The van der Waals surface area contributed by atoms with Gasteiger partial charge in [-0.3, -0.25) is 9.59 Å². The third-order valence-corrected chi connectivity index (χ3v) is 10.00. The molecule has 3 aromatic rings. The maximum Gasteiger partial charge on any atom is 0.272 e. The van der Waals surface area contributed by atoms with Crippen molar-refractivity contribution in [2.24, 2.45) is 0 Å². The van der Waals surface area contributed by atoms with Gasteiger partial charge in [0, 0.05) is 57.0 Å². The molecular weight excluding hydrogens is 560 g/mol. The Bertz CT molecular complexity index is 1540. The number of pyridine rings is 1. The first-order valence-electron chi connectivity index (χ1n) is 15.0. The average Bonchev–Trinajstić information content (AvgIpc) is 3.37. The Hall–Kier alpha value is -3.40. The Balaban J connectivity index is 1.64. The lowest BCUT2D eigenvalue weighted by atomic mass is 9.93. The number of carbonyl (C=O) groups is 2. The van der Waals surface area contributed by atoms with E-state index < -0.39 is 15.7 Å². The number of hydrogen-bond donors (Lipinski definition) is 1. The molecule has 0 unspecified atom stereocenters. The molecule has 8 nitrogen and oxygen atoms in total. The molecule has 5 rings (SSSR count). The molecule has 2 amide bonds. The highest BCUT2D eigenvalue weighted by atomic mass is 32.2. The monoisotopic (exact) mass is 602 g/mol. The molecule has 0 saturated carbocycles. The molecule has 3 heterocycles. The molecule has 2 aliphatic rings. The summed E-state index contributed by atoms with van der Waals surface area (Å²) in [6.45, 7) is 7.63. The molecule has 0 radical (unpaired) electrons. The maximum absolute atomic E-state index is 13.7. The summed E-state index contributed by atoms with van der Waals surface area (Å²) >= 11 is 0. The Kier molecular flexibility index (Phi) is 9.15. The van der Waals surface area contributed by atoms with Gasteiger partial charge in [0.25, 0.3) is 11.8 Å². The third kappa shape index (κ3) is 6.44. The minimum Gasteiger partial charge on any atom is -0.396 e. The summed E-state index contributed by atoms with van der Waals surface area (Å²) in [5, 5.41) is 10.1. The van der Waals surface area contributed by atoms with Gasteiger partial charge in [-0.15, -0.1) is 0 Å². The van der Waals surface area contributed by atoms with Crippen molar-refractivity contribution in [1.82, 2.24) is 19.1 Å². The lowest BCUT2D eigenvalue weighted by Crippen LogP contribution is -2.36. The van der Waals surface area contributed by atoms with Crippen molar-refractivity contribution in [3.05, 3.63) is 77.0 Å². The smallest absolute Gasteiger partial charge is 0.272 e. The zero-order valence-electron chi connectivity index (χ0n) is 25.8. The van der Waals surface area contributed by atoms with Gasteiger partial charge in [-0.05, 0) is 87.4 Å². The second-order valence-corrected chi connectivity index (χ2v) is 14.8. The highest BCUT2D eigenvalue weighted by Crippen LogP contribution is 2.44. The van der Waals surface area contributed by atoms with E-state index >= 15 is 0 Å². The molecule has 1 aromatic heterocycles. The van der Waals surface area contributed by atoms with Gasteiger partial charge in [-0.25, -0.2) is 13.5 Å². The van der Waals surface area contributed by atoms with E-state index in [1.54, 1.807) is 19.0 Å². The fraction of sp³-hybridized carbons (Fsp3) is 0.441. The van der Waals surface area contributed by atoms with Gasteiger partial charge in [0.2, 0.25) is 0 Å². The van der Waals surface area contributed by atoms with E-state index in [9.17, 15) is 18.9 Å². The molecule has 0 bridgehead atoms. The summed E-state index contributed by atoms with van der Waals surface area (Å²) < 4.78 is 15.2. The number of hydrogen-bond acceptors (Lipinski definition) is 5. The topological polar surface area (TPSA) is 94.1 Å². The predicted molar refractivity (Wildman–Crippen MR) is 171 cm³/mol. The van der Waals surface area contributed by atoms with Gasteiger partial charge in [-0.2, -0.15) is 0 Å². The second-order valence-electron chi connectivity index (χ2n) is 12.6. The van der Waals surface area contributed by atoms with Crippen molar-refractivity contribution in [1.29, 1.82) is 0 Å². The molecule has 228 valence electrons. The van der Waals surface area contributed by atoms with E-state index in [0.29, 0.717) is 29.9 Å². The van der Waals surface area contributed by atoms with E-state index in [0.717, 1.165) is 60.2 Å². The van der Waals surface area contributed by atoms with Crippen LogP contribution in [0.25, 0.3) is 22.4 Å². The van der Waals surface area contributed by atoms with Crippen molar-refractivity contribution in [3.8, 4) is 22.4 Å². The van der Waals surface area contributed by atoms with Crippen LogP contribution in [0.5, 0.6) is 0 Å². The Morgan fingerprint density at radius 1 is 0.977 bits per heavy atom. The number of nitrogens with zero attached hydrogens (tertiary/aromatic N) is 4. The number of aliphatic hydroxyl groups is 1. The maximum atomic E-state index is 13.7. The van der Waals surface area contributed by atoms with Crippen LogP contribution in [0.2, 0.25) is 0 Å². The van der Waals surface area contributed by atoms with Crippen LogP contribution in [0.3, 0.4) is 0 Å². The molecule has 9 heteroatoms. The largest absolute Gasteiger partial charge is 0.396 e. The van der Waals surface area contributed by atoms with E-state index in [1.807, 2.05) is 84.6 Å². The molecule has 0 spiro atoms. The van der Waals surface area contributed by atoms with Crippen molar-refractivity contribution >= 4 is 22.8 Å². The fourth-order valence-corrected chi connectivity index (χ4v) is 7.40. The number of likely N-dealkylation sites (tertiary alicyclic amines) is 1. The minimum atomic E-state index is -1.34. The standard InChI is InChI=1S/C34H42N4O4S/c1-34(2,3)43(42)38-22-27-21-28(33(41)37-16-7-6-8-17-37)35-31(30(27)29(38)15-18-39)25-13-9-11-23(19-25)24-12-10-14-26(20-24)32(40)36(4)5/h9-14,19-21,29,39H,6-8,15-18,22H2,1-5H3/t29-,43-/m1/s1. The normalized spacial score (nSPS) is 17.9. The zero-order chi connectivity index (χ0) is 30.9. The molecule has 1 N–H and O–H groups in total. The van der Waals surface area contributed by atoms with Crippen LogP contribution in [-0.2, 0) is 17.5 Å². The lowest BCUT2D eigenvalue weighted by molar-refractivity contribution is 0.0718. The fourth-order valence-electron chi connectivity index (χ4n) is 5.99. The number of amides is 2. The van der Waals surface area contributed by atoms with Crippen molar-refractivity contribution in [3.63, 3.8) is 0 Å². The average molecular weight is 603 g/mol. The summed E-state index contributed by atoms with van der Waals surface area (Å²) in [4.78, 5) is 34.9. The van der Waals surface area contributed by atoms with E-state index in [4.69, 9.17) is 4.98 Å². The number of benzene rings is 2. The first-order valence-corrected chi connectivity index (χ1v) is 16.2. The number of aromatic nitrogens is 1. The summed E-state index contributed by atoms with van der Waals surface area (Å²) in [5.41, 5.74) is 6.15. The first kappa shape index (κ1) is 31.0. The summed E-state index contributed by atoms with van der Waals surface area (Å²) in [6.07, 6.45) is 3.49. The molecule has 2 aromatic carbocycles. The molecule has 1 saturated heterocycles. The van der Waals surface area contributed by atoms with Crippen LogP contribution in [0.4, 0.5) is 0 Å². The van der Waals surface area contributed by atoms with Gasteiger partial charge >= 0.3 is 0 Å². The quantitative estimate of drug-likeness (QED) is 0.389. The Labute approximate surface area is 257 Å². The van der Waals surface area contributed by atoms with Crippen LogP contribution in [0.15, 0.2) is 54.6 Å². The van der Waals surface area contributed by atoms with Crippen LogP contribution in [0.1, 0.15) is 84.5 Å². The minimum absolute atomic E-state index is 0.0669. The highest BCUT2D eigenvalue weighted by molar-refractivity contribution is 7.84. The number of rotatable bonds is 7. The van der Waals surface area contributed by atoms with Gasteiger partial charge in [0.15, 0.2) is 0 Å². The third-order valence-electron chi connectivity index (χ3n) is 8.14. The number of aliphatic hydroxyl groups excluding tert-OH is 1. The number of piperidine rings is 1. The highest BCUT2D eigenvalue weighted by Gasteiger charge is 2.40. The van der Waals surface area contributed by atoms with Gasteiger partial charge in [-0.1, -0.05) is 30.3 Å². The van der Waals surface area contributed by atoms with Crippen LogP contribution < -0.4 is 0 Å². The van der Waals surface area contributed by atoms with Crippen molar-refractivity contribution < 1.29 is 18.9 Å². The molecule has 0 aliphatic carbocycles. The first-order chi connectivity index (χ1) is 20.5. The Morgan fingerprint density at radius 3 is 2.28 bits per heavy atom. The Morgan fingerprint density at radius 2 is 1.63 bits per heavy atom. The van der Waals surface area contributed by atoms with E-state index in [2.05, 4.69) is 0 Å². The zero-order valence-corrected chi connectivity index (χ0v) is 26.6. The lowest BCUT2D eigenvalue weighted by Gasteiger charge is -2.30. The van der Waals surface area contributed by atoms with Crippen LogP contribution >= 0.6 is 0 Å². The number of fused-ring (bicyclic) bond motifs is 1. The van der Waals surface area contributed by atoms with Gasteiger partial charge < -0.3 is 14.9 Å². The molecule has 43 heavy (non-hydrogen) atoms. The van der Waals surface area contributed by atoms with E-state index in [1.165, 1.54) is 0 Å². The van der Waals surface area contributed by atoms with Gasteiger partial charge in [0.1, 0.15) is 16.7 Å². The second kappa shape index (κ2) is 12.7. The summed E-state index contributed by atoms with van der Waals surface area (Å²) in [5.74, 6) is -0.149. The molecule has 2 atom stereocenters. The molecular formula is C34H42N4O4S. The van der Waals surface area contributed by atoms with Crippen LogP contribution in [-0.4, -0.2) is 78.8 Å². The number of carbonyl (C=O) groups excluding carboxylic acids is 2. The van der Waals surface area contributed by atoms with Crippen molar-refractivity contribution in [2.75, 3.05) is 33.8 Å². The van der Waals surface area contributed by atoms with E-state index in [-0.39, 0.29) is 24.5 Å². The summed E-state index contributed by atoms with van der Waals surface area (Å²) in [6, 6.07) is 17.1. The van der Waals surface area contributed by atoms with Gasteiger partial charge in [0.05, 0.1) is 16.5 Å².